The summed E-state index contributed by atoms with van der Waals surface area (Å²) in [7, 11) is 0. The maximum Gasteiger partial charge on any atom is 0.0606 e. The fourth-order valence-corrected chi connectivity index (χ4v) is 6.67. The summed E-state index contributed by atoms with van der Waals surface area (Å²) in [6.45, 7) is 0. The van der Waals surface area contributed by atoms with Gasteiger partial charge in [-0.05, 0) is 47.5 Å². The highest BCUT2D eigenvalue weighted by molar-refractivity contribution is 8.00. The molecule has 0 saturated heterocycles. The second-order valence-corrected chi connectivity index (χ2v) is 10.5. The lowest BCUT2D eigenvalue weighted by molar-refractivity contribution is 1.31. The van der Waals surface area contributed by atoms with Gasteiger partial charge < -0.3 is 10.6 Å². The molecule has 4 heteroatoms. The first-order valence-corrected chi connectivity index (χ1v) is 12.9. The van der Waals surface area contributed by atoms with E-state index in [0.717, 1.165) is 0 Å². The average molecular weight is 473 g/mol. The van der Waals surface area contributed by atoms with Crippen LogP contribution >= 0.6 is 23.5 Å². The molecule has 0 aliphatic carbocycles. The van der Waals surface area contributed by atoms with Crippen LogP contribution in [0, 0.1) is 0 Å². The van der Waals surface area contributed by atoms with Crippen LogP contribution in [-0.4, -0.2) is 0 Å². The maximum atomic E-state index is 3.67. The van der Waals surface area contributed by atoms with Crippen molar-refractivity contribution >= 4 is 46.3 Å². The number of nitrogens with one attached hydrogen (secondary N) is 2. The largest absolute Gasteiger partial charge is 0.353 e. The molecule has 0 atom stereocenters. The Morgan fingerprint density at radius 2 is 0.794 bits per heavy atom. The van der Waals surface area contributed by atoms with Gasteiger partial charge in [0.05, 0.1) is 22.7 Å². The zero-order valence-corrected chi connectivity index (χ0v) is 19.8. The number of benzene rings is 5. The molecule has 2 heterocycles. The summed E-state index contributed by atoms with van der Waals surface area (Å²) in [6, 6.07) is 39.0. The lowest BCUT2D eigenvalue weighted by Gasteiger charge is -2.24. The summed E-state index contributed by atoms with van der Waals surface area (Å²) < 4.78 is 0. The van der Waals surface area contributed by atoms with Crippen molar-refractivity contribution in [3.05, 3.63) is 109 Å². The predicted octanol–water partition coefficient (Wildman–Crippen LogP) is 9.44. The minimum atomic E-state index is 1.17. The smallest absolute Gasteiger partial charge is 0.0606 e. The molecule has 0 fully saturated rings. The van der Waals surface area contributed by atoms with Gasteiger partial charge in [-0.25, -0.2) is 0 Å². The van der Waals surface area contributed by atoms with E-state index in [2.05, 4.69) is 120 Å². The quantitative estimate of drug-likeness (QED) is 0.262. The predicted molar refractivity (Wildman–Crippen MR) is 145 cm³/mol. The van der Waals surface area contributed by atoms with Crippen LogP contribution in [0.25, 0.3) is 22.3 Å². The normalized spacial score (nSPS) is 12.9. The first kappa shape index (κ1) is 19.8. The summed E-state index contributed by atoms with van der Waals surface area (Å²) >= 11 is 3.66. The van der Waals surface area contributed by atoms with Crippen LogP contribution in [0.15, 0.2) is 129 Å². The lowest BCUT2D eigenvalue weighted by atomic mass is 9.98. The van der Waals surface area contributed by atoms with Gasteiger partial charge in [0.2, 0.25) is 0 Å². The zero-order chi connectivity index (χ0) is 22.5. The van der Waals surface area contributed by atoms with Crippen LogP contribution in [0.4, 0.5) is 22.7 Å². The van der Waals surface area contributed by atoms with Gasteiger partial charge in [-0.15, -0.1) is 0 Å². The number of rotatable bonds is 2. The van der Waals surface area contributed by atoms with E-state index in [1.807, 2.05) is 23.5 Å². The molecule has 2 aliphatic heterocycles. The summed E-state index contributed by atoms with van der Waals surface area (Å²) in [4.78, 5) is 5.06. The Bertz CT molecular complexity index is 1440. The van der Waals surface area contributed by atoms with E-state index in [1.54, 1.807) is 0 Å². The van der Waals surface area contributed by atoms with E-state index >= 15 is 0 Å². The van der Waals surface area contributed by atoms with Crippen molar-refractivity contribution in [3.8, 4) is 22.3 Å². The second kappa shape index (κ2) is 8.01. The van der Waals surface area contributed by atoms with Gasteiger partial charge in [-0.2, -0.15) is 0 Å². The lowest BCUT2D eigenvalue weighted by Crippen LogP contribution is -2.02. The Balaban J connectivity index is 1.25. The van der Waals surface area contributed by atoms with E-state index in [1.165, 1.54) is 64.6 Å². The highest BCUT2D eigenvalue weighted by Crippen LogP contribution is 2.49. The third-order valence-electron chi connectivity index (χ3n) is 6.29. The molecule has 0 amide bonds. The molecule has 0 aromatic heterocycles. The molecule has 0 spiro atoms. The van der Waals surface area contributed by atoms with Crippen LogP contribution < -0.4 is 10.6 Å². The van der Waals surface area contributed by atoms with Gasteiger partial charge in [0.15, 0.2) is 0 Å². The Morgan fingerprint density at radius 3 is 1.26 bits per heavy atom. The van der Waals surface area contributed by atoms with E-state index < -0.39 is 0 Å². The van der Waals surface area contributed by atoms with E-state index in [-0.39, 0.29) is 0 Å². The third-order valence-corrected chi connectivity index (χ3v) is 8.56. The third kappa shape index (κ3) is 3.30. The Labute approximate surface area is 207 Å². The van der Waals surface area contributed by atoms with Gasteiger partial charge in [0.25, 0.3) is 0 Å². The molecule has 5 aromatic carbocycles. The molecule has 5 aromatic rings. The van der Waals surface area contributed by atoms with Crippen LogP contribution in [0.5, 0.6) is 0 Å². The first-order valence-electron chi connectivity index (χ1n) is 11.3. The highest BCUT2D eigenvalue weighted by Gasteiger charge is 2.20. The molecular weight excluding hydrogens is 452 g/mol. The summed E-state index contributed by atoms with van der Waals surface area (Å²) in [5.41, 5.74) is 9.59. The minimum absolute atomic E-state index is 1.17. The molecule has 0 bridgehead atoms. The highest BCUT2D eigenvalue weighted by atomic mass is 32.2. The van der Waals surface area contributed by atoms with Crippen LogP contribution in [0.2, 0.25) is 0 Å². The molecule has 0 unspecified atom stereocenters. The van der Waals surface area contributed by atoms with Gasteiger partial charge in [-0.1, -0.05) is 96.3 Å². The molecule has 0 radical (unpaired) electrons. The zero-order valence-electron chi connectivity index (χ0n) is 18.2. The number of fused-ring (bicyclic) bond motifs is 4. The van der Waals surface area contributed by atoms with Crippen molar-refractivity contribution in [3.63, 3.8) is 0 Å². The Morgan fingerprint density at radius 1 is 0.382 bits per heavy atom. The summed E-state index contributed by atoms with van der Waals surface area (Å²) in [6.07, 6.45) is 0. The molecule has 2 nitrogen and oxygen atoms in total. The van der Waals surface area contributed by atoms with Crippen LogP contribution in [-0.2, 0) is 0 Å². The van der Waals surface area contributed by atoms with Crippen molar-refractivity contribution in [1.82, 2.24) is 0 Å². The molecule has 2 aliphatic rings. The standard InChI is InChI=1S/C30H20N2S2/c1-3-11-25-23(9-1)31-29-21(7-5-13-27(29)33-25)19-15-17-20(18-16-19)22-8-6-14-28-30(22)32-24-10-2-4-12-26(24)34-28/h1-18,31-32H. The molecule has 162 valence electrons. The van der Waals surface area contributed by atoms with Crippen LogP contribution in [0.1, 0.15) is 0 Å². The molecule has 7 rings (SSSR count). The molecule has 34 heavy (non-hydrogen) atoms. The molecular formula is C30H20N2S2. The van der Waals surface area contributed by atoms with Gasteiger partial charge >= 0.3 is 0 Å². The summed E-state index contributed by atoms with van der Waals surface area (Å²) in [5, 5.41) is 7.34. The fourth-order valence-electron chi connectivity index (χ4n) is 4.62. The SMILES string of the molecule is c1ccc2c(c1)Nc1c(cccc1-c1ccc(-c3cccc4c3Nc3ccccc3S4)cc1)S2. The molecule has 2 N–H and O–H groups in total. The van der Waals surface area contributed by atoms with E-state index in [9.17, 15) is 0 Å². The number of hydrogen-bond donors (Lipinski definition) is 2. The number of anilines is 4. The maximum absolute atomic E-state index is 3.67. The monoisotopic (exact) mass is 472 g/mol. The van der Waals surface area contributed by atoms with E-state index in [0.29, 0.717) is 0 Å². The van der Waals surface area contributed by atoms with Crippen molar-refractivity contribution in [2.75, 3.05) is 10.6 Å². The van der Waals surface area contributed by atoms with Crippen LogP contribution in [0.3, 0.4) is 0 Å². The van der Waals surface area contributed by atoms with Gasteiger partial charge in [0.1, 0.15) is 0 Å². The topological polar surface area (TPSA) is 24.1 Å². The van der Waals surface area contributed by atoms with Crippen molar-refractivity contribution in [2.24, 2.45) is 0 Å². The second-order valence-electron chi connectivity index (χ2n) is 8.38. The van der Waals surface area contributed by atoms with Crippen molar-refractivity contribution in [1.29, 1.82) is 0 Å². The first-order chi connectivity index (χ1) is 16.8. The Hall–Kier alpha value is -3.60. The van der Waals surface area contributed by atoms with E-state index in [4.69, 9.17) is 0 Å². The Kier molecular flexibility index (Phi) is 4.67. The average Bonchev–Trinajstić information content (AvgIpc) is 2.90. The van der Waals surface area contributed by atoms with Gasteiger partial charge in [0, 0.05) is 30.7 Å². The number of para-hydroxylation sites is 4. The fraction of sp³-hybridized carbons (Fsp3) is 0. The van der Waals surface area contributed by atoms with Gasteiger partial charge in [-0.3, -0.25) is 0 Å². The van der Waals surface area contributed by atoms with Crippen molar-refractivity contribution < 1.29 is 0 Å². The summed E-state index contributed by atoms with van der Waals surface area (Å²) in [5.74, 6) is 0. The minimum Gasteiger partial charge on any atom is -0.353 e. The number of hydrogen-bond acceptors (Lipinski definition) is 4. The molecule has 0 saturated carbocycles. The van der Waals surface area contributed by atoms with Crippen molar-refractivity contribution in [2.45, 2.75) is 19.6 Å².